The van der Waals surface area contributed by atoms with Crippen LogP contribution in [0.25, 0.3) is 10.9 Å². The van der Waals surface area contributed by atoms with E-state index >= 15 is 0 Å². The van der Waals surface area contributed by atoms with Crippen LogP contribution in [0.1, 0.15) is 18.6 Å². The summed E-state index contributed by atoms with van der Waals surface area (Å²) in [5.74, 6) is 0. The number of aliphatic hydroxyl groups excluding tert-OH is 1. The molecule has 2 rings (SSSR count). The first-order chi connectivity index (χ1) is 5.77. The Kier molecular flexibility index (Phi) is 2.90. The number of aliphatic hydroxyl groups is 1. The van der Waals surface area contributed by atoms with Crippen molar-refractivity contribution < 1.29 is 5.11 Å². The highest BCUT2D eigenvalue weighted by Gasteiger charge is 2.01. The second-order valence-electron chi connectivity index (χ2n) is 2.89. The lowest BCUT2D eigenvalue weighted by molar-refractivity contribution is 0.199. The van der Waals surface area contributed by atoms with Gasteiger partial charge < -0.3 is 5.11 Å². The number of hydrogen-bond donors (Lipinski definition) is 2. The van der Waals surface area contributed by atoms with Crippen LogP contribution in [0, 0.1) is 0 Å². The largest absolute Gasteiger partial charge is 0.389 e. The molecule has 1 unspecified atom stereocenters. The molecule has 0 fully saturated rings. The molecule has 1 atom stereocenters. The number of nitrogens with zero attached hydrogens (tertiary/aromatic N) is 1. The van der Waals surface area contributed by atoms with Gasteiger partial charge in [-0.3, -0.25) is 5.10 Å². The van der Waals surface area contributed by atoms with Crippen molar-refractivity contribution in [2.24, 2.45) is 0 Å². The molecule has 0 saturated carbocycles. The second-order valence-corrected chi connectivity index (χ2v) is 2.89. The maximum absolute atomic E-state index is 9.29. The Bertz CT molecular complexity index is 397. The smallest absolute Gasteiger partial charge is 0.0762 e. The Hall–Kier alpha value is -1.06. The predicted molar refractivity (Wildman–Crippen MR) is 54.0 cm³/mol. The van der Waals surface area contributed by atoms with Gasteiger partial charge in [0.15, 0.2) is 0 Å². The van der Waals surface area contributed by atoms with E-state index in [2.05, 4.69) is 10.2 Å². The molecule has 13 heavy (non-hydrogen) atoms. The zero-order valence-corrected chi connectivity index (χ0v) is 8.01. The van der Waals surface area contributed by atoms with Crippen LogP contribution in [-0.4, -0.2) is 15.3 Å². The molecule has 1 aromatic carbocycles. The van der Waals surface area contributed by atoms with Crippen LogP contribution in [0.3, 0.4) is 0 Å². The van der Waals surface area contributed by atoms with Gasteiger partial charge in [-0.05, 0) is 18.6 Å². The summed E-state index contributed by atoms with van der Waals surface area (Å²) in [5.41, 5.74) is 1.88. The monoisotopic (exact) mass is 198 g/mol. The summed E-state index contributed by atoms with van der Waals surface area (Å²) in [6.07, 6.45) is 1.35. The van der Waals surface area contributed by atoms with Crippen molar-refractivity contribution in [1.29, 1.82) is 0 Å². The van der Waals surface area contributed by atoms with Crippen LogP contribution in [0.2, 0.25) is 0 Å². The van der Waals surface area contributed by atoms with E-state index in [0.717, 1.165) is 16.5 Å². The number of nitrogens with one attached hydrogen (secondary N) is 1. The number of halogens is 1. The first-order valence-electron chi connectivity index (χ1n) is 3.88. The van der Waals surface area contributed by atoms with Crippen molar-refractivity contribution in [3.63, 3.8) is 0 Å². The van der Waals surface area contributed by atoms with Crippen LogP contribution < -0.4 is 0 Å². The highest BCUT2D eigenvalue weighted by Crippen LogP contribution is 2.17. The third-order valence-electron chi connectivity index (χ3n) is 1.95. The molecule has 2 N–H and O–H groups in total. The molecule has 0 aliphatic carbocycles. The van der Waals surface area contributed by atoms with Crippen molar-refractivity contribution in [2.45, 2.75) is 13.0 Å². The van der Waals surface area contributed by atoms with E-state index < -0.39 is 6.10 Å². The zero-order chi connectivity index (χ0) is 8.55. The summed E-state index contributed by atoms with van der Waals surface area (Å²) in [6, 6.07) is 5.76. The molecule has 0 amide bonds. The number of hydrogen-bond acceptors (Lipinski definition) is 2. The molecular formula is C9H11ClN2O. The van der Waals surface area contributed by atoms with Crippen LogP contribution in [0.15, 0.2) is 24.4 Å². The van der Waals surface area contributed by atoms with Crippen molar-refractivity contribution in [1.82, 2.24) is 10.2 Å². The van der Waals surface area contributed by atoms with Crippen LogP contribution in [-0.2, 0) is 0 Å². The van der Waals surface area contributed by atoms with Gasteiger partial charge in [0, 0.05) is 5.39 Å². The average Bonchev–Trinajstić information content (AvgIpc) is 2.49. The average molecular weight is 199 g/mol. The normalized spacial score (nSPS) is 12.5. The van der Waals surface area contributed by atoms with E-state index in [1.807, 2.05) is 18.2 Å². The fourth-order valence-corrected chi connectivity index (χ4v) is 1.21. The lowest BCUT2D eigenvalue weighted by Gasteiger charge is -2.02. The molecule has 4 heteroatoms. The fourth-order valence-electron chi connectivity index (χ4n) is 1.21. The topological polar surface area (TPSA) is 48.9 Å². The minimum atomic E-state index is -0.419. The molecule has 0 radical (unpaired) electrons. The Morgan fingerprint density at radius 3 is 2.92 bits per heavy atom. The number of H-pyrrole nitrogens is 1. The highest BCUT2D eigenvalue weighted by atomic mass is 35.5. The summed E-state index contributed by atoms with van der Waals surface area (Å²) in [6.45, 7) is 1.75. The summed E-state index contributed by atoms with van der Waals surface area (Å²) >= 11 is 0. The maximum Gasteiger partial charge on any atom is 0.0762 e. The van der Waals surface area contributed by atoms with Gasteiger partial charge in [-0.15, -0.1) is 12.4 Å². The molecule has 0 aliphatic rings. The molecule has 70 valence electrons. The summed E-state index contributed by atoms with van der Waals surface area (Å²) in [4.78, 5) is 0. The highest BCUT2D eigenvalue weighted by molar-refractivity contribution is 5.85. The molecular weight excluding hydrogens is 188 g/mol. The van der Waals surface area contributed by atoms with Gasteiger partial charge in [0.2, 0.25) is 0 Å². The number of rotatable bonds is 1. The van der Waals surface area contributed by atoms with Crippen LogP contribution in [0.5, 0.6) is 0 Å². The predicted octanol–water partition coefficient (Wildman–Crippen LogP) is 2.04. The third kappa shape index (κ3) is 1.82. The Morgan fingerprint density at radius 2 is 2.23 bits per heavy atom. The van der Waals surface area contributed by atoms with Crippen molar-refractivity contribution in [2.75, 3.05) is 0 Å². The number of benzene rings is 1. The lowest BCUT2D eigenvalue weighted by atomic mass is 10.1. The molecule has 1 aromatic heterocycles. The van der Waals surface area contributed by atoms with Gasteiger partial charge in [0.1, 0.15) is 0 Å². The van der Waals surface area contributed by atoms with E-state index in [1.54, 1.807) is 13.1 Å². The van der Waals surface area contributed by atoms with E-state index in [9.17, 15) is 5.11 Å². The number of aromatic amines is 1. The molecule has 0 bridgehead atoms. The maximum atomic E-state index is 9.29. The van der Waals surface area contributed by atoms with Crippen molar-refractivity contribution >= 4 is 23.3 Å². The van der Waals surface area contributed by atoms with Gasteiger partial charge in [-0.1, -0.05) is 12.1 Å². The molecule has 1 heterocycles. The Morgan fingerprint density at radius 1 is 1.46 bits per heavy atom. The van der Waals surface area contributed by atoms with Gasteiger partial charge in [0.05, 0.1) is 17.8 Å². The van der Waals surface area contributed by atoms with Gasteiger partial charge in [0.25, 0.3) is 0 Å². The lowest BCUT2D eigenvalue weighted by Crippen LogP contribution is -1.89. The first kappa shape index (κ1) is 10.0. The molecule has 0 spiro atoms. The third-order valence-corrected chi connectivity index (χ3v) is 1.95. The fraction of sp³-hybridized carbons (Fsp3) is 0.222. The number of fused-ring (bicyclic) bond motifs is 1. The SMILES string of the molecule is CC(O)c1ccc2cn[nH]c2c1.Cl. The minimum absolute atomic E-state index is 0. The summed E-state index contributed by atoms with van der Waals surface area (Å²) < 4.78 is 0. The molecule has 3 nitrogen and oxygen atoms in total. The van der Waals surface area contributed by atoms with Gasteiger partial charge in [-0.25, -0.2) is 0 Å². The van der Waals surface area contributed by atoms with Crippen molar-refractivity contribution in [3.8, 4) is 0 Å². The van der Waals surface area contributed by atoms with E-state index in [1.165, 1.54) is 0 Å². The van der Waals surface area contributed by atoms with Crippen LogP contribution in [0.4, 0.5) is 0 Å². The quantitative estimate of drug-likeness (QED) is 0.737. The Balaban J connectivity index is 0.000000845. The van der Waals surface area contributed by atoms with E-state index in [-0.39, 0.29) is 12.4 Å². The molecule has 0 aliphatic heterocycles. The minimum Gasteiger partial charge on any atom is -0.389 e. The standard InChI is InChI=1S/C9H10N2O.ClH/c1-6(12)7-2-3-8-5-10-11-9(8)4-7;/h2-6,12H,1H3,(H,10,11);1H. The van der Waals surface area contributed by atoms with Gasteiger partial charge in [-0.2, -0.15) is 5.10 Å². The molecule has 0 saturated heterocycles. The zero-order valence-electron chi connectivity index (χ0n) is 7.19. The van der Waals surface area contributed by atoms with E-state index in [0.29, 0.717) is 0 Å². The molecule has 2 aromatic rings. The Labute approximate surface area is 82.2 Å². The first-order valence-corrected chi connectivity index (χ1v) is 3.88. The van der Waals surface area contributed by atoms with Gasteiger partial charge >= 0.3 is 0 Å². The number of aromatic nitrogens is 2. The second kappa shape index (κ2) is 3.77. The summed E-state index contributed by atoms with van der Waals surface area (Å²) in [7, 11) is 0. The van der Waals surface area contributed by atoms with Crippen molar-refractivity contribution in [3.05, 3.63) is 30.0 Å². The van der Waals surface area contributed by atoms with Crippen LogP contribution >= 0.6 is 12.4 Å². The summed E-state index contributed by atoms with van der Waals surface area (Å²) in [5, 5.41) is 17.1. The van der Waals surface area contributed by atoms with E-state index in [4.69, 9.17) is 0 Å².